The van der Waals surface area contributed by atoms with E-state index in [9.17, 15) is 14.7 Å². The first-order valence-electron chi connectivity index (χ1n) is 15.0. The van der Waals surface area contributed by atoms with Crippen LogP contribution in [-0.4, -0.2) is 79.9 Å². The maximum atomic E-state index is 13.2. The summed E-state index contributed by atoms with van der Waals surface area (Å²) < 4.78 is 5.44. The van der Waals surface area contributed by atoms with Gasteiger partial charge < -0.3 is 26.2 Å². The number of ether oxygens (including phenoxy) is 1. The van der Waals surface area contributed by atoms with Crippen LogP contribution in [0.4, 0.5) is 0 Å². The third kappa shape index (κ3) is 14.1. The van der Waals surface area contributed by atoms with E-state index in [-0.39, 0.29) is 60.3 Å². The lowest BCUT2D eigenvalue weighted by atomic mass is 9.83. The minimum Gasteiger partial charge on any atom is -0.391 e. The molecule has 10 heteroatoms. The van der Waals surface area contributed by atoms with Crippen molar-refractivity contribution in [3.63, 3.8) is 0 Å². The van der Waals surface area contributed by atoms with E-state index in [1.165, 1.54) is 0 Å². The molecule has 1 aromatic carbocycles. The van der Waals surface area contributed by atoms with Crippen LogP contribution < -0.4 is 16.4 Å². The highest BCUT2D eigenvalue weighted by Gasteiger charge is 2.29. The van der Waals surface area contributed by atoms with Crippen LogP contribution in [0.3, 0.4) is 0 Å². The van der Waals surface area contributed by atoms with Gasteiger partial charge in [-0.25, -0.2) is 0 Å². The number of nitrogens with zero attached hydrogens (tertiary/aromatic N) is 1. The Bertz CT molecular complexity index is 868. The number of aliphatic hydroxyl groups is 1. The van der Waals surface area contributed by atoms with Gasteiger partial charge in [0, 0.05) is 50.2 Å². The van der Waals surface area contributed by atoms with E-state index in [4.69, 9.17) is 10.5 Å². The van der Waals surface area contributed by atoms with E-state index >= 15 is 0 Å². The van der Waals surface area contributed by atoms with Gasteiger partial charge in [0.05, 0.1) is 19.3 Å². The number of carbonyl (C=O) groups is 2. The zero-order valence-electron chi connectivity index (χ0n) is 25.8. The predicted octanol–water partition coefficient (Wildman–Crippen LogP) is 4.06. The molecule has 2 amide bonds. The van der Waals surface area contributed by atoms with Crippen LogP contribution in [0.15, 0.2) is 24.3 Å². The Morgan fingerprint density at radius 3 is 2.29 bits per heavy atom. The summed E-state index contributed by atoms with van der Waals surface area (Å²) in [6.07, 6.45) is 2.90. The first kappa shape index (κ1) is 39.6. The molecule has 238 valence electrons. The van der Waals surface area contributed by atoms with E-state index in [1.807, 2.05) is 38.1 Å². The van der Waals surface area contributed by atoms with Crippen molar-refractivity contribution < 1.29 is 19.4 Å². The summed E-state index contributed by atoms with van der Waals surface area (Å²) in [6.45, 7) is 15.8. The summed E-state index contributed by atoms with van der Waals surface area (Å²) in [6, 6.07) is 7.34. The smallest absolute Gasteiger partial charge is 0.251 e. The summed E-state index contributed by atoms with van der Waals surface area (Å²) in [7, 11) is 0. The van der Waals surface area contributed by atoms with Gasteiger partial charge in [-0.05, 0) is 55.1 Å². The molecule has 41 heavy (non-hydrogen) atoms. The van der Waals surface area contributed by atoms with Gasteiger partial charge in [-0.3, -0.25) is 14.5 Å². The van der Waals surface area contributed by atoms with Crippen molar-refractivity contribution in [1.82, 2.24) is 15.5 Å². The third-order valence-corrected chi connectivity index (χ3v) is 8.07. The fourth-order valence-corrected chi connectivity index (χ4v) is 5.12. The molecule has 0 saturated carbocycles. The molecule has 1 fully saturated rings. The lowest BCUT2D eigenvalue weighted by Crippen LogP contribution is -2.44. The number of hydrogen-bond donors (Lipinski definition) is 4. The Hall–Kier alpha value is -1.42. The zero-order chi connectivity index (χ0) is 28.8. The highest BCUT2D eigenvalue weighted by Crippen LogP contribution is 2.23. The lowest BCUT2D eigenvalue weighted by Gasteiger charge is -2.30. The van der Waals surface area contributed by atoms with Gasteiger partial charge in [-0.2, -0.15) is 0 Å². The van der Waals surface area contributed by atoms with Crippen molar-refractivity contribution in [3.8, 4) is 0 Å². The molecule has 0 unspecified atom stereocenters. The summed E-state index contributed by atoms with van der Waals surface area (Å²) in [5.41, 5.74) is 8.23. The molecule has 0 spiro atoms. The molecule has 0 aliphatic carbocycles. The number of rotatable bonds is 17. The summed E-state index contributed by atoms with van der Waals surface area (Å²) in [5.74, 6) is 0.125. The highest BCUT2D eigenvalue weighted by atomic mass is 35.5. The van der Waals surface area contributed by atoms with Gasteiger partial charge in [-0.15, -0.1) is 24.8 Å². The van der Waals surface area contributed by atoms with Crippen LogP contribution in [0.5, 0.6) is 0 Å². The van der Waals surface area contributed by atoms with Gasteiger partial charge in [0.25, 0.3) is 5.91 Å². The second kappa shape index (κ2) is 21.3. The van der Waals surface area contributed by atoms with Crippen molar-refractivity contribution in [2.45, 2.75) is 78.9 Å². The molecular formula is C31H56Cl2N4O4. The monoisotopic (exact) mass is 618 g/mol. The van der Waals surface area contributed by atoms with Crippen molar-refractivity contribution in [2.24, 2.45) is 29.4 Å². The Kier molecular flexibility index (Phi) is 20.6. The molecule has 4 atom stereocenters. The summed E-state index contributed by atoms with van der Waals surface area (Å²) >= 11 is 0. The van der Waals surface area contributed by atoms with E-state index in [0.29, 0.717) is 31.5 Å². The van der Waals surface area contributed by atoms with E-state index < -0.39 is 12.1 Å². The Morgan fingerprint density at radius 2 is 1.68 bits per heavy atom. The number of benzene rings is 1. The molecule has 5 N–H and O–H groups in total. The fourth-order valence-electron chi connectivity index (χ4n) is 5.12. The van der Waals surface area contributed by atoms with E-state index in [2.05, 4.69) is 36.3 Å². The van der Waals surface area contributed by atoms with Crippen LogP contribution in [0.2, 0.25) is 0 Å². The molecule has 2 rings (SSSR count). The summed E-state index contributed by atoms with van der Waals surface area (Å²) in [5, 5.41) is 17.1. The number of morpholine rings is 1. The Balaban J connectivity index is 0.00000800. The van der Waals surface area contributed by atoms with Crippen molar-refractivity contribution in [1.29, 1.82) is 0 Å². The number of aliphatic hydroxyl groups excluding tert-OH is 1. The molecule has 1 aliphatic rings. The van der Waals surface area contributed by atoms with Crippen LogP contribution in [0.25, 0.3) is 0 Å². The number of hydrogen-bond acceptors (Lipinski definition) is 6. The average Bonchev–Trinajstić information content (AvgIpc) is 2.92. The topological polar surface area (TPSA) is 117 Å². The number of unbranched alkanes of at least 4 members (excludes halogenated alkanes) is 1. The molecule has 1 saturated heterocycles. The predicted molar refractivity (Wildman–Crippen MR) is 172 cm³/mol. The molecule has 8 nitrogen and oxygen atoms in total. The third-order valence-electron chi connectivity index (χ3n) is 8.07. The molecule has 1 heterocycles. The maximum absolute atomic E-state index is 13.2. The Labute approximate surface area is 260 Å². The molecule has 0 aromatic heterocycles. The maximum Gasteiger partial charge on any atom is 0.251 e. The number of nitrogens with one attached hydrogen (secondary N) is 2. The number of amides is 2. The fraction of sp³-hybridized carbons (Fsp3) is 0.742. The molecule has 1 aromatic rings. The van der Waals surface area contributed by atoms with Crippen LogP contribution in [0.1, 0.15) is 76.2 Å². The lowest BCUT2D eigenvalue weighted by molar-refractivity contribution is -0.127. The molecule has 1 aliphatic heterocycles. The second-order valence-corrected chi connectivity index (χ2v) is 11.8. The zero-order valence-corrected chi connectivity index (χ0v) is 27.4. The molecular weight excluding hydrogens is 563 g/mol. The van der Waals surface area contributed by atoms with Crippen molar-refractivity contribution in [3.05, 3.63) is 35.4 Å². The first-order valence-corrected chi connectivity index (χ1v) is 15.0. The van der Waals surface area contributed by atoms with E-state index in [1.54, 1.807) is 0 Å². The standard InChI is InChI=1S/C31H54N4O4.2ClH/c1-6-7-13-33-31(38)27(23(4)5)20-29(36)28(32)19-25(22(2)3)21-34-30(37)26-11-9-8-10-24(26)12-14-35-15-17-39-18-16-35;;/h8-11,22-23,25,27-29,36H,6-7,12-21,32H2,1-5H3,(H,33,38)(H,34,37);2*1H/t25-,27+,28+,29+;;/m1../s1. The second-order valence-electron chi connectivity index (χ2n) is 11.8. The van der Waals surface area contributed by atoms with Gasteiger partial charge in [-0.1, -0.05) is 59.2 Å². The highest BCUT2D eigenvalue weighted by molar-refractivity contribution is 5.95. The Morgan fingerprint density at radius 1 is 1.02 bits per heavy atom. The van der Waals surface area contributed by atoms with Crippen LogP contribution >= 0.6 is 24.8 Å². The molecule has 0 bridgehead atoms. The quantitative estimate of drug-likeness (QED) is 0.196. The number of nitrogens with two attached hydrogens (primary N) is 1. The van der Waals surface area contributed by atoms with Gasteiger partial charge in [0.2, 0.25) is 5.91 Å². The van der Waals surface area contributed by atoms with E-state index in [0.717, 1.165) is 57.7 Å². The minimum absolute atomic E-state index is 0. The first-order chi connectivity index (χ1) is 18.6. The molecule has 0 radical (unpaired) electrons. The minimum atomic E-state index is -0.785. The van der Waals surface area contributed by atoms with Gasteiger partial charge in [0.15, 0.2) is 0 Å². The number of halogens is 2. The average molecular weight is 620 g/mol. The summed E-state index contributed by atoms with van der Waals surface area (Å²) in [4.78, 5) is 28.3. The van der Waals surface area contributed by atoms with Crippen molar-refractivity contribution in [2.75, 3.05) is 45.9 Å². The van der Waals surface area contributed by atoms with Crippen molar-refractivity contribution >= 4 is 36.6 Å². The van der Waals surface area contributed by atoms with Gasteiger partial charge >= 0.3 is 0 Å². The normalized spacial score (nSPS) is 16.7. The SMILES string of the molecule is CCCCNC(=O)[C@@H](C[C@H](O)[C@@H](N)C[C@H](CNC(=O)c1ccccc1CCN1CCOCC1)C(C)C)C(C)C.Cl.Cl. The van der Waals surface area contributed by atoms with Gasteiger partial charge in [0.1, 0.15) is 0 Å². The number of carbonyl (C=O) groups excluding carboxylic acids is 2. The van der Waals surface area contributed by atoms with Crippen LogP contribution in [0, 0.1) is 23.7 Å². The largest absolute Gasteiger partial charge is 0.391 e. The van der Waals surface area contributed by atoms with Crippen LogP contribution in [-0.2, 0) is 16.0 Å².